The minimum absolute atomic E-state index is 0.192. The highest BCUT2D eigenvalue weighted by molar-refractivity contribution is 5.61. The SMILES string of the molecule is CC1(C)OCC/C1=C\c1ccccc1O. The summed E-state index contributed by atoms with van der Waals surface area (Å²) in [6, 6.07) is 7.37. The van der Waals surface area contributed by atoms with Crippen LogP contribution < -0.4 is 0 Å². The Bertz CT molecular complexity index is 391. The van der Waals surface area contributed by atoms with Crippen LogP contribution in [0.15, 0.2) is 29.8 Å². The first-order valence-corrected chi connectivity index (χ1v) is 5.22. The molecule has 2 rings (SSSR count). The number of phenolic OH excluding ortho intramolecular Hbond substituents is 1. The van der Waals surface area contributed by atoms with E-state index in [1.54, 1.807) is 6.07 Å². The highest BCUT2D eigenvalue weighted by Crippen LogP contribution is 2.33. The second-order valence-electron chi connectivity index (χ2n) is 4.34. The molecule has 1 aromatic carbocycles. The third kappa shape index (κ3) is 2.05. The van der Waals surface area contributed by atoms with E-state index in [9.17, 15) is 5.11 Å². The number of rotatable bonds is 1. The fourth-order valence-corrected chi connectivity index (χ4v) is 1.85. The maximum Gasteiger partial charge on any atom is 0.122 e. The molecule has 2 heteroatoms. The van der Waals surface area contributed by atoms with E-state index in [4.69, 9.17) is 4.74 Å². The molecule has 2 nitrogen and oxygen atoms in total. The van der Waals surface area contributed by atoms with Crippen LogP contribution in [0.5, 0.6) is 5.75 Å². The van der Waals surface area contributed by atoms with Crippen molar-refractivity contribution in [1.82, 2.24) is 0 Å². The van der Waals surface area contributed by atoms with E-state index < -0.39 is 0 Å². The van der Waals surface area contributed by atoms with Gasteiger partial charge in [0.05, 0.1) is 12.2 Å². The average molecular weight is 204 g/mol. The van der Waals surface area contributed by atoms with E-state index >= 15 is 0 Å². The van der Waals surface area contributed by atoms with Gasteiger partial charge in [-0.05, 0) is 38.0 Å². The first-order valence-electron chi connectivity index (χ1n) is 5.22. The second kappa shape index (κ2) is 3.70. The lowest BCUT2D eigenvalue weighted by Crippen LogP contribution is -2.19. The molecular weight excluding hydrogens is 188 g/mol. The van der Waals surface area contributed by atoms with Crippen LogP contribution in [0.4, 0.5) is 0 Å². The van der Waals surface area contributed by atoms with Crippen LogP contribution in [-0.2, 0) is 4.74 Å². The zero-order valence-corrected chi connectivity index (χ0v) is 9.16. The molecule has 0 atom stereocenters. The number of aromatic hydroxyl groups is 1. The Labute approximate surface area is 90.2 Å². The van der Waals surface area contributed by atoms with Gasteiger partial charge in [0.25, 0.3) is 0 Å². The van der Waals surface area contributed by atoms with Crippen LogP contribution in [0.1, 0.15) is 25.8 Å². The van der Waals surface area contributed by atoms with Gasteiger partial charge >= 0.3 is 0 Å². The van der Waals surface area contributed by atoms with E-state index in [1.807, 2.05) is 24.3 Å². The molecule has 0 amide bonds. The number of benzene rings is 1. The van der Waals surface area contributed by atoms with Crippen LogP contribution in [0, 0.1) is 0 Å². The molecule has 0 aliphatic carbocycles. The van der Waals surface area contributed by atoms with E-state index in [0.29, 0.717) is 5.75 Å². The zero-order chi connectivity index (χ0) is 10.9. The predicted octanol–water partition coefficient (Wildman–Crippen LogP) is 2.97. The van der Waals surface area contributed by atoms with Crippen molar-refractivity contribution >= 4 is 6.08 Å². The van der Waals surface area contributed by atoms with Gasteiger partial charge in [-0.25, -0.2) is 0 Å². The van der Waals surface area contributed by atoms with Crippen molar-refractivity contribution in [2.75, 3.05) is 6.61 Å². The fraction of sp³-hybridized carbons (Fsp3) is 0.385. The van der Waals surface area contributed by atoms with Gasteiger partial charge in [-0.1, -0.05) is 18.2 Å². The van der Waals surface area contributed by atoms with Gasteiger partial charge in [-0.3, -0.25) is 0 Å². The number of phenols is 1. The predicted molar refractivity (Wildman–Crippen MR) is 60.7 cm³/mol. The van der Waals surface area contributed by atoms with Crippen molar-refractivity contribution in [2.24, 2.45) is 0 Å². The number of hydrogen-bond donors (Lipinski definition) is 1. The molecule has 1 fully saturated rings. The third-order valence-electron chi connectivity index (χ3n) is 2.87. The third-order valence-corrected chi connectivity index (χ3v) is 2.87. The summed E-state index contributed by atoms with van der Waals surface area (Å²) in [6.07, 6.45) is 2.98. The Morgan fingerprint density at radius 3 is 2.67 bits per heavy atom. The summed E-state index contributed by atoms with van der Waals surface area (Å²) in [5.41, 5.74) is 1.91. The summed E-state index contributed by atoms with van der Waals surface area (Å²) in [5.74, 6) is 0.327. The van der Waals surface area contributed by atoms with Crippen LogP contribution in [0.3, 0.4) is 0 Å². The normalized spacial score (nSPS) is 22.1. The topological polar surface area (TPSA) is 29.5 Å². The van der Waals surface area contributed by atoms with Crippen molar-refractivity contribution in [3.05, 3.63) is 35.4 Å². The lowest BCUT2D eigenvalue weighted by Gasteiger charge is -2.19. The maximum absolute atomic E-state index is 9.66. The smallest absolute Gasteiger partial charge is 0.122 e. The van der Waals surface area contributed by atoms with Crippen LogP contribution >= 0.6 is 0 Å². The molecule has 0 saturated carbocycles. The summed E-state index contributed by atoms with van der Waals surface area (Å²) in [4.78, 5) is 0. The minimum atomic E-state index is -0.192. The van der Waals surface area contributed by atoms with Crippen molar-refractivity contribution in [1.29, 1.82) is 0 Å². The zero-order valence-electron chi connectivity index (χ0n) is 9.16. The van der Waals surface area contributed by atoms with Gasteiger partial charge in [0.2, 0.25) is 0 Å². The monoisotopic (exact) mass is 204 g/mol. The maximum atomic E-state index is 9.66. The molecule has 0 spiro atoms. The molecule has 1 aliphatic rings. The Morgan fingerprint density at radius 1 is 1.33 bits per heavy atom. The molecule has 15 heavy (non-hydrogen) atoms. The standard InChI is InChI=1S/C13H16O2/c1-13(2)11(7-8-15-13)9-10-5-3-4-6-12(10)14/h3-6,9,14H,7-8H2,1-2H3/b11-9+. The molecule has 1 heterocycles. The lowest BCUT2D eigenvalue weighted by molar-refractivity contribution is 0.0556. The second-order valence-corrected chi connectivity index (χ2v) is 4.34. The van der Waals surface area contributed by atoms with E-state index in [1.165, 1.54) is 5.57 Å². The molecule has 0 radical (unpaired) electrons. The van der Waals surface area contributed by atoms with E-state index in [0.717, 1.165) is 18.6 Å². The van der Waals surface area contributed by atoms with E-state index in [2.05, 4.69) is 13.8 Å². The highest BCUT2D eigenvalue weighted by atomic mass is 16.5. The molecule has 1 aliphatic heterocycles. The minimum Gasteiger partial charge on any atom is -0.507 e. The van der Waals surface area contributed by atoms with E-state index in [-0.39, 0.29) is 5.60 Å². The van der Waals surface area contributed by atoms with Crippen LogP contribution in [0.25, 0.3) is 6.08 Å². The van der Waals surface area contributed by atoms with Crippen molar-refractivity contribution in [2.45, 2.75) is 25.9 Å². The largest absolute Gasteiger partial charge is 0.507 e. The summed E-state index contributed by atoms with van der Waals surface area (Å²) in [6.45, 7) is 4.89. The molecule has 0 aromatic heterocycles. The molecule has 80 valence electrons. The Kier molecular flexibility index (Phi) is 2.53. The number of para-hydroxylation sites is 1. The molecule has 1 N–H and O–H groups in total. The Balaban J connectivity index is 2.35. The summed E-state index contributed by atoms with van der Waals surface area (Å²) < 4.78 is 5.62. The van der Waals surface area contributed by atoms with Crippen molar-refractivity contribution < 1.29 is 9.84 Å². The van der Waals surface area contributed by atoms with Gasteiger partial charge in [0.15, 0.2) is 0 Å². The van der Waals surface area contributed by atoms with Crippen molar-refractivity contribution in [3.8, 4) is 5.75 Å². The molecular formula is C13H16O2. The Hall–Kier alpha value is -1.28. The fourth-order valence-electron chi connectivity index (χ4n) is 1.85. The average Bonchev–Trinajstić information content (AvgIpc) is 2.50. The molecule has 0 bridgehead atoms. The Morgan fingerprint density at radius 2 is 2.07 bits per heavy atom. The van der Waals surface area contributed by atoms with Crippen LogP contribution in [0.2, 0.25) is 0 Å². The van der Waals surface area contributed by atoms with Gasteiger partial charge in [0, 0.05) is 5.56 Å². The number of ether oxygens (including phenoxy) is 1. The van der Waals surface area contributed by atoms with Gasteiger partial charge in [-0.2, -0.15) is 0 Å². The first kappa shape index (κ1) is 10.2. The highest BCUT2D eigenvalue weighted by Gasteiger charge is 2.29. The molecule has 1 aromatic rings. The quantitative estimate of drug-likeness (QED) is 0.762. The van der Waals surface area contributed by atoms with Crippen LogP contribution in [-0.4, -0.2) is 17.3 Å². The molecule has 0 unspecified atom stereocenters. The molecule has 1 saturated heterocycles. The van der Waals surface area contributed by atoms with Gasteiger partial charge in [0.1, 0.15) is 5.75 Å². The summed E-state index contributed by atoms with van der Waals surface area (Å²) >= 11 is 0. The lowest BCUT2D eigenvalue weighted by atomic mass is 9.95. The van der Waals surface area contributed by atoms with Crippen molar-refractivity contribution in [3.63, 3.8) is 0 Å². The number of hydrogen-bond acceptors (Lipinski definition) is 2. The first-order chi connectivity index (χ1) is 7.09. The summed E-state index contributed by atoms with van der Waals surface area (Å²) in [5, 5.41) is 9.66. The summed E-state index contributed by atoms with van der Waals surface area (Å²) in [7, 11) is 0. The van der Waals surface area contributed by atoms with Gasteiger partial charge < -0.3 is 9.84 Å². The van der Waals surface area contributed by atoms with Gasteiger partial charge in [-0.15, -0.1) is 0 Å².